The molecule has 7 heteroatoms. The third kappa shape index (κ3) is 5.15. The van der Waals surface area contributed by atoms with Gasteiger partial charge in [-0.1, -0.05) is 36.4 Å². The highest BCUT2D eigenvalue weighted by Crippen LogP contribution is 2.17. The average molecular weight is 334 g/mol. The van der Waals surface area contributed by atoms with E-state index >= 15 is 0 Å². The number of nitro groups is 1. The molecule has 2 aromatic rings. The van der Waals surface area contributed by atoms with Gasteiger partial charge in [0.15, 0.2) is 0 Å². The van der Waals surface area contributed by atoms with Crippen molar-refractivity contribution in [3.8, 4) is 0 Å². The maximum atomic E-state index is 12.1. The number of nitrogens with zero attached hydrogens (tertiary/aromatic N) is 1. The number of benzene rings is 2. The summed E-state index contributed by atoms with van der Waals surface area (Å²) in [5.74, 6) is 0. The van der Waals surface area contributed by atoms with E-state index in [1.165, 1.54) is 23.8 Å². The van der Waals surface area contributed by atoms with E-state index in [0.29, 0.717) is 13.0 Å². The topological polar surface area (TPSA) is 89.3 Å². The third-order valence-electron chi connectivity index (χ3n) is 3.37. The Morgan fingerprint density at radius 3 is 2.43 bits per heavy atom. The van der Waals surface area contributed by atoms with Crippen LogP contribution in [0.2, 0.25) is 0 Å². The lowest BCUT2D eigenvalue weighted by atomic mass is 10.1. The quantitative estimate of drug-likeness (QED) is 0.456. The Morgan fingerprint density at radius 2 is 1.74 bits per heavy atom. The van der Waals surface area contributed by atoms with Crippen LogP contribution in [0.15, 0.2) is 59.5 Å². The van der Waals surface area contributed by atoms with E-state index in [2.05, 4.69) is 4.72 Å². The minimum Gasteiger partial charge on any atom is -0.258 e. The second kappa shape index (κ2) is 7.85. The minimum absolute atomic E-state index is 0.0882. The first-order valence-electron chi connectivity index (χ1n) is 7.27. The van der Waals surface area contributed by atoms with Crippen molar-refractivity contribution < 1.29 is 13.3 Å². The fraction of sp³-hybridized carbons (Fsp3) is 0.250. The van der Waals surface area contributed by atoms with Gasteiger partial charge in [-0.3, -0.25) is 10.1 Å². The summed E-state index contributed by atoms with van der Waals surface area (Å²) in [6.07, 6.45) is 2.45. The zero-order valence-electron chi connectivity index (χ0n) is 12.5. The fourth-order valence-corrected chi connectivity index (χ4v) is 3.27. The van der Waals surface area contributed by atoms with Gasteiger partial charge in [0.05, 0.1) is 9.82 Å². The van der Waals surface area contributed by atoms with Gasteiger partial charge >= 0.3 is 0 Å². The van der Waals surface area contributed by atoms with Crippen molar-refractivity contribution in [1.29, 1.82) is 0 Å². The van der Waals surface area contributed by atoms with Gasteiger partial charge in [0.25, 0.3) is 5.69 Å². The Balaban J connectivity index is 1.84. The molecule has 1 N–H and O–H groups in total. The number of hydrogen-bond acceptors (Lipinski definition) is 4. The summed E-state index contributed by atoms with van der Waals surface area (Å²) in [4.78, 5) is 10.0. The molecule has 0 atom stereocenters. The van der Waals surface area contributed by atoms with Gasteiger partial charge in [-0.15, -0.1) is 0 Å². The molecule has 0 aliphatic heterocycles. The predicted molar refractivity (Wildman–Crippen MR) is 87.7 cm³/mol. The number of rotatable bonds is 8. The van der Waals surface area contributed by atoms with Crippen LogP contribution in [-0.2, 0) is 16.4 Å². The molecule has 0 saturated carbocycles. The van der Waals surface area contributed by atoms with Gasteiger partial charge in [-0.05, 0) is 30.9 Å². The molecule has 0 spiro atoms. The molecule has 0 amide bonds. The van der Waals surface area contributed by atoms with Crippen molar-refractivity contribution in [1.82, 2.24) is 4.72 Å². The Kier molecular flexibility index (Phi) is 5.84. The summed E-state index contributed by atoms with van der Waals surface area (Å²) >= 11 is 0. The first kappa shape index (κ1) is 17.1. The predicted octanol–water partition coefficient (Wildman–Crippen LogP) is 2.90. The normalized spacial score (nSPS) is 11.3. The number of aryl methyl sites for hydroxylation is 1. The van der Waals surface area contributed by atoms with E-state index in [0.717, 1.165) is 18.9 Å². The Bertz CT molecular complexity index is 761. The second-order valence-corrected chi connectivity index (χ2v) is 6.86. The van der Waals surface area contributed by atoms with Crippen LogP contribution in [0.1, 0.15) is 18.4 Å². The molecule has 122 valence electrons. The maximum absolute atomic E-state index is 12.1. The molecule has 23 heavy (non-hydrogen) atoms. The van der Waals surface area contributed by atoms with Gasteiger partial charge in [0, 0.05) is 18.7 Å². The summed E-state index contributed by atoms with van der Waals surface area (Å²) in [5.41, 5.74) is 0.978. The maximum Gasteiger partial charge on any atom is 0.270 e. The largest absolute Gasteiger partial charge is 0.270 e. The molecule has 2 rings (SSSR count). The van der Waals surface area contributed by atoms with Crippen molar-refractivity contribution in [3.05, 3.63) is 70.3 Å². The molecule has 0 bridgehead atoms. The van der Waals surface area contributed by atoms with E-state index in [1.54, 1.807) is 0 Å². The van der Waals surface area contributed by atoms with Crippen LogP contribution >= 0.6 is 0 Å². The van der Waals surface area contributed by atoms with Gasteiger partial charge in [0.1, 0.15) is 0 Å². The van der Waals surface area contributed by atoms with Crippen LogP contribution in [0.5, 0.6) is 0 Å². The fourth-order valence-electron chi connectivity index (χ4n) is 2.15. The first-order chi connectivity index (χ1) is 11.0. The third-order valence-corrected chi connectivity index (χ3v) is 4.82. The molecule has 0 heterocycles. The number of unbranched alkanes of at least 4 members (excludes halogenated alkanes) is 1. The number of non-ortho nitro benzene ring substituents is 1. The van der Waals surface area contributed by atoms with E-state index in [9.17, 15) is 18.5 Å². The van der Waals surface area contributed by atoms with Crippen molar-refractivity contribution in [2.24, 2.45) is 0 Å². The lowest BCUT2D eigenvalue weighted by Crippen LogP contribution is -2.24. The lowest BCUT2D eigenvalue weighted by Gasteiger charge is -2.07. The van der Waals surface area contributed by atoms with Crippen LogP contribution in [0.3, 0.4) is 0 Å². The summed E-state index contributed by atoms with van der Waals surface area (Å²) in [6.45, 7) is 0.303. The second-order valence-electron chi connectivity index (χ2n) is 5.09. The molecule has 0 aliphatic rings. The average Bonchev–Trinajstić information content (AvgIpc) is 2.55. The summed E-state index contributed by atoms with van der Waals surface area (Å²) in [5, 5.41) is 10.7. The van der Waals surface area contributed by atoms with Gasteiger partial charge in [-0.25, -0.2) is 13.1 Å². The van der Waals surface area contributed by atoms with Gasteiger partial charge in [-0.2, -0.15) is 0 Å². The molecule has 0 radical (unpaired) electrons. The molecule has 6 nitrogen and oxygen atoms in total. The zero-order valence-corrected chi connectivity index (χ0v) is 13.3. The van der Waals surface area contributed by atoms with Crippen LogP contribution in [-0.4, -0.2) is 19.9 Å². The number of sulfonamides is 1. The number of nitrogens with one attached hydrogen (secondary N) is 1. The molecule has 0 aliphatic carbocycles. The number of nitro benzene ring substituents is 1. The highest BCUT2D eigenvalue weighted by molar-refractivity contribution is 7.89. The van der Waals surface area contributed by atoms with Crippen molar-refractivity contribution in [3.63, 3.8) is 0 Å². The van der Waals surface area contributed by atoms with Crippen molar-refractivity contribution in [2.45, 2.75) is 24.2 Å². The van der Waals surface area contributed by atoms with Crippen molar-refractivity contribution in [2.75, 3.05) is 6.54 Å². The summed E-state index contributed by atoms with van der Waals surface area (Å²) in [6, 6.07) is 15.0. The van der Waals surface area contributed by atoms with E-state index in [4.69, 9.17) is 0 Å². The summed E-state index contributed by atoms with van der Waals surface area (Å²) in [7, 11) is -3.72. The Hall–Kier alpha value is -2.25. The molecule has 2 aromatic carbocycles. The molecular weight excluding hydrogens is 316 g/mol. The zero-order chi connectivity index (χ0) is 16.7. The monoisotopic (exact) mass is 334 g/mol. The van der Waals surface area contributed by atoms with Gasteiger partial charge < -0.3 is 0 Å². The first-order valence-corrected chi connectivity index (χ1v) is 8.75. The lowest BCUT2D eigenvalue weighted by molar-refractivity contribution is -0.385. The Morgan fingerprint density at radius 1 is 1.00 bits per heavy atom. The van der Waals surface area contributed by atoms with E-state index < -0.39 is 14.9 Å². The highest BCUT2D eigenvalue weighted by atomic mass is 32.2. The van der Waals surface area contributed by atoms with Crippen LogP contribution in [0, 0.1) is 10.1 Å². The molecule has 0 saturated heterocycles. The van der Waals surface area contributed by atoms with Crippen molar-refractivity contribution >= 4 is 15.7 Å². The minimum atomic E-state index is -3.72. The van der Waals surface area contributed by atoms with E-state index in [1.807, 2.05) is 30.3 Å². The van der Waals surface area contributed by atoms with E-state index in [-0.39, 0.29) is 10.6 Å². The van der Waals surface area contributed by atoms with Gasteiger partial charge in [0.2, 0.25) is 10.0 Å². The SMILES string of the molecule is O=[N+]([O-])c1cccc(S(=O)(=O)NCCCCc2ccccc2)c1. The summed E-state index contributed by atoms with van der Waals surface area (Å²) < 4.78 is 26.7. The standard InChI is InChI=1S/C16H18N2O4S/c19-18(20)15-10-6-11-16(13-15)23(21,22)17-12-5-4-9-14-7-2-1-3-8-14/h1-3,6-8,10-11,13,17H,4-5,9,12H2. The number of hydrogen-bond donors (Lipinski definition) is 1. The molecule has 0 fully saturated rings. The molecular formula is C16H18N2O4S. The smallest absolute Gasteiger partial charge is 0.258 e. The highest BCUT2D eigenvalue weighted by Gasteiger charge is 2.16. The molecule has 0 aromatic heterocycles. The molecule has 0 unspecified atom stereocenters. The van der Waals surface area contributed by atoms with Crippen LogP contribution in [0.25, 0.3) is 0 Å². The van der Waals surface area contributed by atoms with Crippen LogP contribution < -0.4 is 4.72 Å². The van der Waals surface area contributed by atoms with Crippen LogP contribution in [0.4, 0.5) is 5.69 Å². The Labute approximate surface area is 135 Å².